The van der Waals surface area contributed by atoms with E-state index in [4.69, 9.17) is 4.42 Å². The molecule has 2 aromatic heterocycles. The number of rotatable bonds is 3. The van der Waals surface area contributed by atoms with Crippen molar-refractivity contribution in [1.29, 1.82) is 0 Å². The molecule has 6 heteroatoms. The molecule has 3 rings (SSSR count). The standard InChI is InChI=1S/C18H16FNO4/c1-4-23-18(22)15(19)13-6-5-11-16(21)12-7-9(2)10(3)8-14(12)24-17(11)20-13/h5-8,15H,4H2,1-3H3. The molecule has 0 aliphatic heterocycles. The highest BCUT2D eigenvalue weighted by Gasteiger charge is 2.23. The maximum Gasteiger partial charge on any atom is 0.347 e. The van der Waals surface area contributed by atoms with Gasteiger partial charge in [-0.2, -0.15) is 0 Å². The Morgan fingerprint density at radius 3 is 2.67 bits per heavy atom. The number of carbonyl (C=O) groups excluding carboxylic acids is 1. The molecular weight excluding hydrogens is 313 g/mol. The Hall–Kier alpha value is -2.76. The van der Waals surface area contributed by atoms with Crippen LogP contribution in [0.1, 0.15) is 29.9 Å². The number of aromatic nitrogens is 1. The molecule has 1 unspecified atom stereocenters. The second-order valence-corrected chi connectivity index (χ2v) is 5.57. The summed E-state index contributed by atoms with van der Waals surface area (Å²) in [6.45, 7) is 5.48. The van der Waals surface area contributed by atoms with Crippen molar-refractivity contribution < 1.29 is 18.3 Å². The Morgan fingerprint density at radius 1 is 1.25 bits per heavy atom. The average molecular weight is 329 g/mol. The zero-order valence-corrected chi connectivity index (χ0v) is 13.6. The average Bonchev–Trinajstić information content (AvgIpc) is 2.56. The van der Waals surface area contributed by atoms with Crippen LogP contribution in [0.15, 0.2) is 33.5 Å². The third-order valence-electron chi connectivity index (χ3n) is 3.93. The molecule has 2 heterocycles. The minimum absolute atomic E-state index is 0.000187. The van der Waals surface area contributed by atoms with Gasteiger partial charge in [-0.05, 0) is 56.2 Å². The van der Waals surface area contributed by atoms with Gasteiger partial charge in [-0.1, -0.05) is 0 Å². The first-order valence-corrected chi connectivity index (χ1v) is 7.57. The zero-order valence-electron chi connectivity index (χ0n) is 13.6. The molecule has 0 bridgehead atoms. The largest absolute Gasteiger partial charge is 0.464 e. The summed E-state index contributed by atoms with van der Waals surface area (Å²) in [4.78, 5) is 28.1. The van der Waals surface area contributed by atoms with Gasteiger partial charge in [0.05, 0.1) is 23.1 Å². The lowest BCUT2D eigenvalue weighted by atomic mass is 10.1. The van der Waals surface area contributed by atoms with Gasteiger partial charge in [-0.3, -0.25) is 4.79 Å². The van der Waals surface area contributed by atoms with Crippen molar-refractivity contribution in [1.82, 2.24) is 4.98 Å². The molecule has 0 saturated carbocycles. The Bertz CT molecular complexity index is 1010. The molecule has 0 N–H and O–H groups in total. The fraction of sp³-hybridized carbons (Fsp3) is 0.278. The third kappa shape index (κ3) is 2.64. The number of benzene rings is 1. The number of pyridine rings is 1. The number of esters is 1. The minimum atomic E-state index is -2.02. The van der Waals surface area contributed by atoms with Crippen LogP contribution in [0.2, 0.25) is 0 Å². The molecule has 0 aliphatic rings. The van der Waals surface area contributed by atoms with E-state index < -0.39 is 12.1 Å². The molecule has 1 atom stereocenters. The number of aryl methyl sites for hydroxylation is 2. The van der Waals surface area contributed by atoms with Crippen LogP contribution in [0.3, 0.4) is 0 Å². The third-order valence-corrected chi connectivity index (χ3v) is 3.93. The molecule has 0 fully saturated rings. The summed E-state index contributed by atoms with van der Waals surface area (Å²) in [7, 11) is 0. The summed E-state index contributed by atoms with van der Waals surface area (Å²) in [6, 6.07) is 6.23. The molecule has 5 nitrogen and oxygen atoms in total. The molecule has 0 spiro atoms. The number of ether oxygens (including phenoxy) is 1. The summed E-state index contributed by atoms with van der Waals surface area (Å²) in [5, 5.41) is 0.688. The number of alkyl halides is 1. The van der Waals surface area contributed by atoms with E-state index in [1.165, 1.54) is 12.1 Å². The van der Waals surface area contributed by atoms with Gasteiger partial charge >= 0.3 is 5.97 Å². The van der Waals surface area contributed by atoms with Crippen molar-refractivity contribution >= 4 is 28.0 Å². The number of halogens is 1. The van der Waals surface area contributed by atoms with Crippen molar-refractivity contribution in [2.45, 2.75) is 26.9 Å². The smallest absolute Gasteiger partial charge is 0.347 e. The fourth-order valence-corrected chi connectivity index (χ4v) is 2.48. The highest BCUT2D eigenvalue weighted by molar-refractivity contribution is 5.89. The number of carbonyl (C=O) groups is 1. The first-order valence-electron chi connectivity index (χ1n) is 7.57. The highest BCUT2D eigenvalue weighted by atomic mass is 19.1. The summed E-state index contributed by atoms with van der Waals surface area (Å²) in [5.74, 6) is -1.01. The first-order chi connectivity index (χ1) is 11.4. The number of fused-ring (bicyclic) bond motifs is 2. The summed E-state index contributed by atoms with van der Waals surface area (Å²) in [5.41, 5.74) is 1.94. The van der Waals surface area contributed by atoms with E-state index in [1.807, 2.05) is 13.8 Å². The van der Waals surface area contributed by atoms with Crippen LogP contribution >= 0.6 is 0 Å². The van der Waals surface area contributed by atoms with Crippen LogP contribution in [0.25, 0.3) is 22.1 Å². The van der Waals surface area contributed by atoms with E-state index in [9.17, 15) is 14.0 Å². The lowest BCUT2D eigenvalue weighted by Gasteiger charge is -2.08. The molecule has 1 aromatic carbocycles. The second-order valence-electron chi connectivity index (χ2n) is 5.57. The maximum atomic E-state index is 14.1. The SMILES string of the molecule is CCOC(=O)C(F)c1ccc2c(=O)c3cc(C)c(C)cc3oc2n1. The van der Waals surface area contributed by atoms with E-state index in [2.05, 4.69) is 9.72 Å². The van der Waals surface area contributed by atoms with E-state index in [0.29, 0.717) is 11.0 Å². The van der Waals surface area contributed by atoms with Crippen molar-refractivity contribution in [2.75, 3.05) is 6.61 Å². The van der Waals surface area contributed by atoms with Gasteiger partial charge < -0.3 is 9.15 Å². The van der Waals surface area contributed by atoms with Crippen molar-refractivity contribution in [3.05, 3.63) is 51.3 Å². The Morgan fingerprint density at radius 2 is 1.96 bits per heavy atom. The predicted molar refractivity (Wildman–Crippen MR) is 87.7 cm³/mol. The quantitative estimate of drug-likeness (QED) is 0.543. The van der Waals surface area contributed by atoms with Gasteiger partial charge in [0, 0.05) is 0 Å². The summed E-state index contributed by atoms with van der Waals surface area (Å²) < 4.78 is 24.4. The van der Waals surface area contributed by atoms with Gasteiger partial charge in [0.15, 0.2) is 0 Å². The summed E-state index contributed by atoms with van der Waals surface area (Å²) in [6.07, 6.45) is -2.02. The van der Waals surface area contributed by atoms with Crippen molar-refractivity contribution in [2.24, 2.45) is 0 Å². The first kappa shape index (κ1) is 16.1. The van der Waals surface area contributed by atoms with Crippen LogP contribution in [0.5, 0.6) is 0 Å². The molecule has 0 radical (unpaired) electrons. The van der Waals surface area contributed by atoms with Crippen LogP contribution < -0.4 is 5.43 Å². The molecule has 124 valence electrons. The fourth-order valence-electron chi connectivity index (χ4n) is 2.48. The number of hydrogen-bond acceptors (Lipinski definition) is 5. The maximum absolute atomic E-state index is 14.1. The molecular formula is C18H16FNO4. The van der Waals surface area contributed by atoms with Gasteiger partial charge in [-0.15, -0.1) is 0 Å². The van der Waals surface area contributed by atoms with E-state index in [-0.39, 0.29) is 28.8 Å². The molecule has 0 aliphatic carbocycles. The molecule has 3 aromatic rings. The Balaban J connectivity index is 2.20. The van der Waals surface area contributed by atoms with Gasteiger partial charge in [0.25, 0.3) is 0 Å². The lowest BCUT2D eigenvalue weighted by Crippen LogP contribution is -2.14. The lowest BCUT2D eigenvalue weighted by molar-refractivity contribution is -0.149. The van der Waals surface area contributed by atoms with Crippen molar-refractivity contribution in [3.8, 4) is 0 Å². The van der Waals surface area contributed by atoms with Gasteiger partial charge in [0.2, 0.25) is 17.3 Å². The van der Waals surface area contributed by atoms with Crippen LogP contribution in [0, 0.1) is 13.8 Å². The predicted octanol–water partition coefficient (Wildman–Crippen LogP) is 3.53. The molecule has 0 amide bonds. The van der Waals surface area contributed by atoms with Crippen LogP contribution in [-0.4, -0.2) is 17.6 Å². The van der Waals surface area contributed by atoms with Gasteiger partial charge in [0.1, 0.15) is 5.58 Å². The van der Waals surface area contributed by atoms with E-state index >= 15 is 0 Å². The van der Waals surface area contributed by atoms with Gasteiger partial charge in [-0.25, -0.2) is 14.2 Å². The normalized spacial score (nSPS) is 12.5. The zero-order chi connectivity index (χ0) is 17.4. The Labute approximate surface area is 137 Å². The monoisotopic (exact) mass is 329 g/mol. The van der Waals surface area contributed by atoms with Crippen molar-refractivity contribution in [3.63, 3.8) is 0 Å². The topological polar surface area (TPSA) is 69.4 Å². The van der Waals surface area contributed by atoms with E-state index in [0.717, 1.165) is 11.1 Å². The number of hydrogen-bond donors (Lipinski definition) is 0. The van der Waals surface area contributed by atoms with Crippen LogP contribution in [-0.2, 0) is 9.53 Å². The number of nitrogens with zero attached hydrogens (tertiary/aromatic N) is 1. The Kier molecular flexibility index (Phi) is 4.05. The van der Waals surface area contributed by atoms with E-state index in [1.54, 1.807) is 19.1 Å². The second kappa shape index (κ2) is 6.03. The summed E-state index contributed by atoms with van der Waals surface area (Å²) >= 11 is 0. The molecule has 0 saturated heterocycles. The van der Waals surface area contributed by atoms with Crippen LogP contribution in [0.4, 0.5) is 4.39 Å². The minimum Gasteiger partial charge on any atom is -0.464 e. The molecule has 24 heavy (non-hydrogen) atoms. The highest BCUT2D eigenvalue weighted by Crippen LogP contribution is 2.24.